The molecular formula is C31H35NO3. The van der Waals surface area contributed by atoms with Gasteiger partial charge in [-0.05, 0) is 73.1 Å². The van der Waals surface area contributed by atoms with Gasteiger partial charge in [-0.3, -0.25) is 0 Å². The third kappa shape index (κ3) is 4.76. The standard InChI is InChI=1S/C31H33NO3.H2/c1-20-17-23(15-16-25(20)31(33)34-3)29-18-24(35-30-14-7-6-12-28(29)30)19-32-21(2)26-13-8-10-22-9-4-5-11-27(22)26;/h5-8,10-17,21,24,29,32H,4,9,18-19H2,1-3H3;1H/t21-,24-,29-;/m1./s1. The van der Waals surface area contributed by atoms with Gasteiger partial charge in [0, 0.05) is 25.5 Å². The molecule has 4 heteroatoms. The molecule has 1 aliphatic heterocycles. The Morgan fingerprint density at radius 1 is 1.17 bits per heavy atom. The number of para-hydroxylation sites is 1. The fourth-order valence-electron chi connectivity index (χ4n) is 5.47. The van der Waals surface area contributed by atoms with E-state index in [9.17, 15) is 4.79 Å². The van der Waals surface area contributed by atoms with E-state index in [0.29, 0.717) is 5.56 Å². The minimum atomic E-state index is -0.296. The van der Waals surface area contributed by atoms with Crippen LogP contribution in [0.25, 0.3) is 6.08 Å². The molecule has 1 aliphatic carbocycles. The maximum absolute atomic E-state index is 12.1. The van der Waals surface area contributed by atoms with Crippen molar-refractivity contribution in [2.75, 3.05) is 13.7 Å². The molecule has 1 heterocycles. The summed E-state index contributed by atoms with van der Waals surface area (Å²) < 4.78 is 11.4. The molecule has 0 amide bonds. The Hall–Kier alpha value is -3.37. The largest absolute Gasteiger partial charge is 0.489 e. The molecule has 35 heavy (non-hydrogen) atoms. The fraction of sp³-hybridized carbons (Fsp3) is 0.323. The second kappa shape index (κ2) is 10.1. The van der Waals surface area contributed by atoms with Crippen LogP contribution >= 0.6 is 0 Å². The van der Waals surface area contributed by atoms with Gasteiger partial charge in [0.05, 0.1) is 12.7 Å². The smallest absolute Gasteiger partial charge is 0.338 e. The van der Waals surface area contributed by atoms with Gasteiger partial charge >= 0.3 is 5.97 Å². The summed E-state index contributed by atoms with van der Waals surface area (Å²) >= 11 is 0. The van der Waals surface area contributed by atoms with E-state index in [1.807, 2.05) is 19.1 Å². The summed E-state index contributed by atoms with van der Waals surface area (Å²) in [6.07, 6.45) is 7.71. The van der Waals surface area contributed by atoms with Crippen molar-refractivity contribution >= 4 is 12.0 Å². The first kappa shape index (κ1) is 23.4. The van der Waals surface area contributed by atoms with Crippen molar-refractivity contribution in [3.05, 3.63) is 106 Å². The molecule has 5 rings (SSSR count). The van der Waals surface area contributed by atoms with Gasteiger partial charge in [-0.15, -0.1) is 0 Å². The predicted molar refractivity (Wildman–Crippen MR) is 142 cm³/mol. The van der Waals surface area contributed by atoms with Gasteiger partial charge in [-0.2, -0.15) is 0 Å². The van der Waals surface area contributed by atoms with Crippen LogP contribution in [-0.4, -0.2) is 25.7 Å². The number of rotatable bonds is 6. The van der Waals surface area contributed by atoms with Crippen molar-refractivity contribution in [1.82, 2.24) is 5.32 Å². The summed E-state index contributed by atoms with van der Waals surface area (Å²) in [6.45, 7) is 4.97. The van der Waals surface area contributed by atoms with Crippen molar-refractivity contribution in [3.8, 4) is 5.75 Å². The van der Waals surface area contributed by atoms with E-state index in [2.05, 4.69) is 72.9 Å². The molecule has 0 saturated heterocycles. The normalized spacial score (nSPS) is 19.3. The number of benzene rings is 3. The Kier molecular flexibility index (Phi) is 6.74. The van der Waals surface area contributed by atoms with Gasteiger partial charge in [-0.1, -0.05) is 60.7 Å². The van der Waals surface area contributed by atoms with Gasteiger partial charge < -0.3 is 14.8 Å². The minimum Gasteiger partial charge on any atom is -0.489 e. The monoisotopic (exact) mass is 469 g/mol. The summed E-state index contributed by atoms with van der Waals surface area (Å²) in [6, 6.07) is 21.3. The SMILES string of the molecule is COC(=O)c1ccc([C@H]2C[C@H](CN[C@H](C)c3cccc4c3C=CCC4)Oc3ccccc32)cc1C.[HH]. The van der Waals surface area contributed by atoms with E-state index >= 15 is 0 Å². The van der Waals surface area contributed by atoms with Gasteiger partial charge in [0.15, 0.2) is 0 Å². The molecule has 4 nitrogen and oxygen atoms in total. The lowest BCUT2D eigenvalue weighted by atomic mass is 9.83. The van der Waals surface area contributed by atoms with Crippen LogP contribution in [0.1, 0.15) is 76.9 Å². The number of nitrogens with one attached hydrogen (secondary N) is 1. The average molecular weight is 470 g/mol. The van der Waals surface area contributed by atoms with Gasteiger partial charge in [0.25, 0.3) is 0 Å². The Bertz CT molecular complexity index is 1270. The molecule has 3 aromatic rings. The van der Waals surface area contributed by atoms with Crippen molar-refractivity contribution in [2.24, 2.45) is 0 Å². The Morgan fingerprint density at radius 2 is 2.03 bits per heavy atom. The van der Waals surface area contributed by atoms with Crippen LogP contribution in [-0.2, 0) is 11.2 Å². The van der Waals surface area contributed by atoms with E-state index in [-0.39, 0.29) is 25.5 Å². The Morgan fingerprint density at radius 3 is 2.86 bits per heavy atom. The quantitative estimate of drug-likeness (QED) is 0.412. The molecule has 1 N–H and O–H groups in total. The fourth-order valence-corrected chi connectivity index (χ4v) is 5.47. The maximum atomic E-state index is 12.1. The van der Waals surface area contributed by atoms with E-state index < -0.39 is 0 Å². The Labute approximate surface area is 209 Å². The molecule has 0 spiro atoms. The summed E-state index contributed by atoms with van der Waals surface area (Å²) in [7, 11) is 1.42. The maximum Gasteiger partial charge on any atom is 0.338 e. The van der Waals surface area contributed by atoms with Crippen molar-refractivity contribution in [3.63, 3.8) is 0 Å². The summed E-state index contributed by atoms with van der Waals surface area (Å²) in [5, 5.41) is 3.74. The lowest BCUT2D eigenvalue weighted by molar-refractivity contribution is 0.0600. The van der Waals surface area contributed by atoms with E-state index in [4.69, 9.17) is 9.47 Å². The first-order chi connectivity index (χ1) is 17.0. The van der Waals surface area contributed by atoms with Gasteiger partial charge in [-0.25, -0.2) is 4.79 Å². The summed E-state index contributed by atoms with van der Waals surface area (Å²) in [5.41, 5.74) is 8.10. The minimum absolute atomic E-state index is 0. The number of esters is 1. The average Bonchev–Trinajstić information content (AvgIpc) is 2.90. The lowest BCUT2D eigenvalue weighted by Crippen LogP contribution is -2.37. The molecule has 0 aromatic heterocycles. The highest BCUT2D eigenvalue weighted by Crippen LogP contribution is 2.41. The summed E-state index contributed by atoms with van der Waals surface area (Å²) in [5.74, 6) is 0.855. The number of ether oxygens (including phenoxy) is 2. The zero-order chi connectivity index (χ0) is 24.4. The number of carbonyl (C=O) groups is 1. The van der Waals surface area contributed by atoms with Crippen LogP contribution in [0.5, 0.6) is 5.75 Å². The lowest BCUT2D eigenvalue weighted by Gasteiger charge is -2.34. The van der Waals surface area contributed by atoms with E-state index in [1.54, 1.807) is 0 Å². The molecule has 2 aliphatic rings. The molecule has 0 unspecified atom stereocenters. The first-order valence-corrected chi connectivity index (χ1v) is 12.5. The van der Waals surface area contributed by atoms with Crippen LogP contribution in [0.2, 0.25) is 0 Å². The van der Waals surface area contributed by atoms with Crippen LogP contribution in [0.4, 0.5) is 0 Å². The zero-order valence-corrected chi connectivity index (χ0v) is 20.7. The number of carbonyl (C=O) groups excluding carboxylic acids is 1. The Balaban J connectivity index is 0.00000304. The molecule has 3 atom stereocenters. The van der Waals surface area contributed by atoms with Crippen molar-refractivity contribution in [2.45, 2.75) is 51.2 Å². The molecule has 3 aromatic carbocycles. The zero-order valence-electron chi connectivity index (χ0n) is 20.7. The third-order valence-electron chi connectivity index (χ3n) is 7.36. The highest BCUT2D eigenvalue weighted by atomic mass is 16.5. The second-order valence-electron chi connectivity index (χ2n) is 9.62. The molecule has 0 fully saturated rings. The van der Waals surface area contributed by atoms with Crippen LogP contribution in [0.3, 0.4) is 0 Å². The second-order valence-corrected chi connectivity index (χ2v) is 9.62. The number of fused-ring (bicyclic) bond motifs is 2. The highest BCUT2D eigenvalue weighted by Gasteiger charge is 2.30. The number of methoxy groups -OCH3 is 1. The van der Waals surface area contributed by atoms with E-state index in [1.165, 1.54) is 34.9 Å². The molecule has 0 bridgehead atoms. The molecule has 0 saturated carbocycles. The number of hydrogen-bond acceptors (Lipinski definition) is 4. The molecule has 182 valence electrons. The van der Waals surface area contributed by atoms with Crippen LogP contribution < -0.4 is 10.1 Å². The predicted octanol–water partition coefficient (Wildman–Crippen LogP) is 6.62. The summed E-state index contributed by atoms with van der Waals surface area (Å²) in [4.78, 5) is 12.1. The van der Waals surface area contributed by atoms with Gasteiger partial charge in [0.2, 0.25) is 0 Å². The van der Waals surface area contributed by atoms with Crippen LogP contribution in [0, 0.1) is 6.92 Å². The number of hydrogen-bond donors (Lipinski definition) is 1. The van der Waals surface area contributed by atoms with Crippen molar-refractivity contribution in [1.29, 1.82) is 0 Å². The third-order valence-corrected chi connectivity index (χ3v) is 7.36. The van der Waals surface area contributed by atoms with Gasteiger partial charge in [0.1, 0.15) is 11.9 Å². The van der Waals surface area contributed by atoms with Crippen molar-refractivity contribution < 1.29 is 15.7 Å². The topological polar surface area (TPSA) is 47.6 Å². The first-order valence-electron chi connectivity index (χ1n) is 12.5. The highest BCUT2D eigenvalue weighted by molar-refractivity contribution is 5.91. The number of aryl methyl sites for hydroxylation is 2. The molecule has 0 radical (unpaired) electrons. The van der Waals surface area contributed by atoms with Crippen LogP contribution in [0.15, 0.2) is 66.7 Å². The van der Waals surface area contributed by atoms with E-state index in [0.717, 1.165) is 37.1 Å². The number of allylic oxidation sites excluding steroid dienone is 1. The molecular weight excluding hydrogens is 434 g/mol.